The lowest BCUT2D eigenvalue weighted by Crippen LogP contribution is -2.32. The lowest BCUT2D eigenvalue weighted by molar-refractivity contribution is 0.0752. The maximum atomic E-state index is 12.8. The monoisotopic (exact) mass is 239 g/mol. The van der Waals surface area contributed by atoms with Crippen LogP contribution in [0.4, 0.5) is 4.39 Å². The summed E-state index contributed by atoms with van der Waals surface area (Å²) in [6.45, 7) is 5.26. The highest BCUT2D eigenvalue weighted by Gasteiger charge is 2.17. The van der Waals surface area contributed by atoms with Gasteiger partial charge in [-0.2, -0.15) is 0 Å². The molecule has 0 bridgehead atoms. The molecule has 0 heterocycles. The first kappa shape index (κ1) is 13.5. The van der Waals surface area contributed by atoms with E-state index >= 15 is 0 Å². The van der Waals surface area contributed by atoms with Crippen molar-refractivity contribution < 1.29 is 14.3 Å². The van der Waals surface area contributed by atoms with Gasteiger partial charge in [0, 0.05) is 19.2 Å². The Hall–Kier alpha value is -1.58. The second-order valence-corrected chi connectivity index (χ2v) is 3.95. The molecule has 0 unspecified atom stereocenters. The number of hydrogen-bond donors (Lipinski definition) is 1. The van der Waals surface area contributed by atoms with Gasteiger partial charge in [0.2, 0.25) is 0 Å². The fourth-order valence-corrected chi connectivity index (χ4v) is 1.71. The lowest BCUT2D eigenvalue weighted by Gasteiger charge is -2.21. The van der Waals surface area contributed by atoms with E-state index in [-0.39, 0.29) is 17.2 Å². The highest BCUT2D eigenvalue weighted by Crippen LogP contribution is 2.20. The van der Waals surface area contributed by atoms with Crippen LogP contribution in [0, 0.1) is 5.82 Å². The van der Waals surface area contributed by atoms with E-state index in [1.54, 1.807) is 4.90 Å². The molecule has 3 nitrogen and oxygen atoms in total. The van der Waals surface area contributed by atoms with Crippen LogP contribution in [-0.4, -0.2) is 29.0 Å². The Bertz CT molecular complexity index is 387. The van der Waals surface area contributed by atoms with E-state index in [0.717, 1.165) is 18.9 Å². The Morgan fingerprint density at radius 1 is 1.29 bits per heavy atom. The van der Waals surface area contributed by atoms with Gasteiger partial charge < -0.3 is 10.0 Å². The standard InChI is InChI=1S/C13H18FNO2/c1-3-7-15(8-4-2)13(17)11-6-5-10(14)9-12(11)16/h5-6,9,16H,3-4,7-8H2,1-2H3. The molecule has 1 aromatic carbocycles. The molecule has 94 valence electrons. The van der Waals surface area contributed by atoms with E-state index in [9.17, 15) is 14.3 Å². The third kappa shape index (κ3) is 3.44. The fraction of sp³-hybridized carbons (Fsp3) is 0.462. The van der Waals surface area contributed by atoms with Crippen molar-refractivity contribution in [2.45, 2.75) is 26.7 Å². The van der Waals surface area contributed by atoms with Gasteiger partial charge in [-0.25, -0.2) is 4.39 Å². The number of phenols is 1. The maximum Gasteiger partial charge on any atom is 0.257 e. The van der Waals surface area contributed by atoms with Gasteiger partial charge in [0.05, 0.1) is 5.56 Å². The number of aromatic hydroxyl groups is 1. The van der Waals surface area contributed by atoms with E-state index in [1.165, 1.54) is 12.1 Å². The van der Waals surface area contributed by atoms with Gasteiger partial charge in [0.1, 0.15) is 11.6 Å². The zero-order valence-electron chi connectivity index (χ0n) is 10.2. The number of carbonyl (C=O) groups is 1. The van der Waals surface area contributed by atoms with E-state index in [1.807, 2.05) is 13.8 Å². The molecule has 0 atom stereocenters. The van der Waals surface area contributed by atoms with E-state index in [4.69, 9.17) is 0 Å². The number of phenolic OH excluding ortho intramolecular Hbond substituents is 1. The van der Waals surface area contributed by atoms with Crippen LogP contribution in [0.5, 0.6) is 5.75 Å². The number of benzene rings is 1. The number of amides is 1. The molecule has 17 heavy (non-hydrogen) atoms. The first-order chi connectivity index (χ1) is 8.10. The molecule has 1 rings (SSSR count). The molecule has 0 saturated heterocycles. The van der Waals surface area contributed by atoms with Gasteiger partial charge in [-0.05, 0) is 25.0 Å². The first-order valence-corrected chi connectivity index (χ1v) is 5.88. The molecule has 4 heteroatoms. The Morgan fingerprint density at radius 2 is 1.88 bits per heavy atom. The summed E-state index contributed by atoms with van der Waals surface area (Å²) in [5.41, 5.74) is 0.160. The largest absolute Gasteiger partial charge is 0.507 e. The average molecular weight is 239 g/mol. The van der Waals surface area contributed by atoms with Gasteiger partial charge in [0.15, 0.2) is 0 Å². The van der Waals surface area contributed by atoms with Gasteiger partial charge in [-0.15, -0.1) is 0 Å². The van der Waals surface area contributed by atoms with Crippen LogP contribution < -0.4 is 0 Å². The minimum atomic E-state index is -0.545. The van der Waals surface area contributed by atoms with Crippen LogP contribution in [0.2, 0.25) is 0 Å². The molecule has 0 aromatic heterocycles. The highest BCUT2D eigenvalue weighted by molar-refractivity contribution is 5.96. The summed E-state index contributed by atoms with van der Waals surface area (Å²) < 4.78 is 12.8. The predicted molar refractivity (Wildman–Crippen MR) is 64.6 cm³/mol. The molecule has 0 saturated carbocycles. The minimum Gasteiger partial charge on any atom is -0.507 e. The molecule has 0 fully saturated rings. The topological polar surface area (TPSA) is 40.5 Å². The van der Waals surface area contributed by atoms with Crippen LogP contribution in [0.25, 0.3) is 0 Å². The highest BCUT2D eigenvalue weighted by atomic mass is 19.1. The summed E-state index contributed by atoms with van der Waals surface area (Å²) in [6, 6.07) is 3.47. The minimum absolute atomic E-state index is 0.160. The Morgan fingerprint density at radius 3 is 2.35 bits per heavy atom. The van der Waals surface area contributed by atoms with Crippen molar-refractivity contribution in [1.29, 1.82) is 0 Å². The summed E-state index contributed by atoms with van der Waals surface area (Å²) in [6.07, 6.45) is 1.71. The molecular formula is C13H18FNO2. The quantitative estimate of drug-likeness (QED) is 0.858. The van der Waals surface area contributed by atoms with Gasteiger partial charge in [-0.3, -0.25) is 4.79 Å². The SMILES string of the molecule is CCCN(CCC)C(=O)c1ccc(F)cc1O. The van der Waals surface area contributed by atoms with Crippen molar-refractivity contribution in [2.24, 2.45) is 0 Å². The van der Waals surface area contributed by atoms with E-state index < -0.39 is 5.82 Å². The third-order valence-corrected chi connectivity index (χ3v) is 2.46. The Labute approximate surface area is 101 Å². The smallest absolute Gasteiger partial charge is 0.257 e. The van der Waals surface area contributed by atoms with Crippen LogP contribution in [0.1, 0.15) is 37.0 Å². The second kappa shape index (κ2) is 6.23. The fourth-order valence-electron chi connectivity index (χ4n) is 1.71. The van der Waals surface area contributed by atoms with Crippen molar-refractivity contribution in [2.75, 3.05) is 13.1 Å². The zero-order chi connectivity index (χ0) is 12.8. The first-order valence-electron chi connectivity index (χ1n) is 5.88. The zero-order valence-corrected chi connectivity index (χ0v) is 10.2. The average Bonchev–Trinajstić information content (AvgIpc) is 2.28. The number of carbonyl (C=O) groups excluding carboxylic acids is 1. The molecule has 1 N–H and O–H groups in total. The van der Waals surface area contributed by atoms with Crippen molar-refractivity contribution in [3.8, 4) is 5.75 Å². The molecule has 0 aliphatic carbocycles. The van der Waals surface area contributed by atoms with Crippen LogP contribution in [0.15, 0.2) is 18.2 Å². The molecule has 1 aromatic rings. The predicted octanol–water partition coefficient (Wildman–Crippen LogP) is 2.79. The molecule has 0 aliphatic heterocycles. The van der Waals surface area contributed by atoms with Crippen molar-refractivity contribution in [3.05, 3.63) is 29.6 Å². The summed E-state index contributed by atoms with van der Waals surface area (Å²) in [4.78, 5) is 13.8. The summed E-state index contributed by atoms with van der Waals surface area (Å²) in [5, 5.41) is 9.56. The number of rotatable bonds is 5. The summed E-state index contributed by atoms with van der Waals surface area (Å²) >= 11 is 0. The summed E-state index contributed by atoms with van der Waals surface area (Å²) in [5.74, 6) is -1.09. The molecule has 0 spiro atoms. The second-order valence-electron chi connectivity index (χ2n) is 3.95. The Kier molecular flexibility index (Phi) is 4.94. The van der Waals surface area contributed by atoms with E-state index in [2.05, 4.69) is 0 Å². The van der Waals surface area contributed by atoms with Crippen LogP contribution >= 0.6 is 0 Å². The Balaban J connectivity index is 2.92. The van der Waals surface area contributed by atoms with Crippen molar-refractivity contribution in [1.82, 2.24) is 4.90 Å². The number of nitrogens with zero attached hydrogens (tertiary/aromatic N) is 1. The molecule has 0 aliphatic rings. The van der Waals surface area contributed by atoms with Gasteiger partial charge >= 0.3 is 0 Å². The molecular weight excluding hydrogens is 221 g/mol. The van der Waals surface area contributed by atoms with Gasteiger partial charge in [0.25, 0.3) is 5.91 Å². The maximum absolute atomic E-state index is 12.8. The molecule has 0 radical (unpaired) electrons. The normalized spacial score (nSPS) is 10.3. The summed E-state index contributed by atoms with van der Waals surface area (Å²) in [7, 11) is 0. The van der Waals surface area contributed by atoms with Crippen molar-refractivity contribution >= 4 is 5.91 Å². The van der Waals surface area contributed by atoms with Crippen molar-refractivity contribution in [3.63, 3.8) is 0 Å². The molecule has 1 amide bonds. The van der Waals surface area contributed by atoms with E-state index in [0.29, 0.717) is 13.1 Å². The third-order valence-electron chi connectivity index (χ3n) is 2.46. The van der Waals surface area contributed by atoms with Crippen LogP contribution in [-0.2, 0) is 0 Å². The lowest BCUT2D eigenvalue weighted by atomic mass is 10.1. The van der Waals surface area contributed by atoms with Crippen LogP contribution in [0.3, 0.4) is 0 Å². The van der Waals surface area contributed by atoms with Gasteiger partial charge in [-0.1, -0.05) is 13.8 Å². The number of hydrogen-bond acceptors (Lipinski definition) is 2. The number of halogens is 1.